The van der Waals surface area contributed by atoms with Crippen molar-refractivity contribution in [2.75, 3.05) is 0 Å². The van der Waals surface area contributed by atoms with Crippen LogP contribution in [0.15, 0.2) is 30.3 Å². The summed E-state index contributed by atoms with van der Waals surface area (Å²) < 4.78 is 27.1. The molecule has 0 fully saturated rings. The normalized spacial score (nSPS) is 13.7. The summed E-state index contributed by atoms with van der Waals surface area (Å²) in [5, 5.41) is 6.92. The molecule has 6 heteroatoms. The molecular formula is C20H27F2N3O. The molecule has 1 N–H and O–H groups in total. The van der Waals surface area contributed by atoms with Gasteiger partial charge in [0.2, 0.25) is 5.91 Å². The van der Waals surface area contributed by atoms with Crippen molar-refractivity contribution in [1.29, 1.82) is 0 Å². The Hall–Kier alpha value is -2.24. The van der Waals surface area contributed by atoms with Crippen LogP contribution in [0.1, 0.15) is 74.5 Å². The van der Waals surface area contributed by atoms with E-state index < -0.39 is 6.43 Å². The van der Waals surface area contributed by atoms with Crippen LogP contribution in [0, 0.1) is 6.92 Å². The Morgan fingerprint density at radius 2 is 1.77 bits per heavy atom. The third kappa shape index (κ3) is 4.90. The molecule has 142 valence electrons. The Morgan fingerprint density at radius 1 is 1.15 bits per heavy atom. The van der Waals surface area contributed by atoms with Gasteiger partial charge in [0.1, 0.15) is 12.2 Å². The van der Waals surface area contributed by atoms with Crippen LogP contribution in [-0.4, -0.2) is 15.7 Å². The second-order valence-electron chi connectivity index (χ2n) is 6.67. The molecule has 1 aromatic carbocycles. The monoisotopic (exact) mass is 363 g/mol. The molecule has 1 aromatic heterocycles. The van der Waals surface area contributed by atoms with Gasteiger partial charge in [-0.3, -0.25) is 9.48 Å². The molecule has 4 nitrogen and oxygen atoms in total. The molecule has 0 aliphatic carbocycles. The van der Waals surface area contributed by atoms with Gasteiger partial charge in [0.15, 0.2) is 0 Å². The summed E-state index contributed by atoms with van der Waals surface area (Å²) in [5.41, 5.74) is 2.52. The summed E-state index contributed by atoms with van der Waals surface area (Å²) in [4.78, 5) is 12.3. The summed E-state index contributed by atoms with van der Waals surface area (Å²) >= 11 is 0. The fourth-order valence-corrected chi connectivity index (χ4v) is 2.96. The lowest BCUT2D eigenvalue weighted by Crippen LogP contribution is -2.32. The van der Waals surface area contributed by atoms with Crippen LogP contribution in [0.3, 0.4) is 0 Å². The Balaban J connectivity index is 2.06. The molecule has 26 heavy (non-hydrogen) atoms. The number of hydrogen-bond donors (Lipinski definition) is 1. The molecule has 2 aromatic rings. The third-order valence-electron chi connectivity index (χ3n) is 4.71. The van der Waals surface area contributed by atoms with Gasteiger partial charge in [-0.25, -0.2) is 8.78 Å². The molecule has 0 aliphatic rings. The summed E-state index contributed by atoms with van der Waals surface area (Å²) in [5.74, 6) is 0.169. The van der Waals surface area contributed by atoms with E-state index in [1.54, 1.807) is 6.92 Å². The third-order valence-corrected chi connectivity index (χ3v) is 4.71. The lowest BCUT2D eigenvalue weighted by molar-refractivity contribution is -0.122. The fraction of sp³-hybridized carbons (Fsp3) is 0.500. The first-order valence-corrected chi connectivity index (χ1v) is 9.07. The number of carbonyl (C=O) groups excluding carboxylic acids is 1. The van der Waals surface area contributed by atoms with E-state index in [9.17, 15) is 13.6 Å². The number of nitrogens with one attached hydrogen (secondary N) is 1. The lowest BCUT2D eigenvalue weighted by atomic mass is 9.95. The number of benzene rings is 1. The second-order valence-corrected chi connectivity index (χ2v) is 6.67. The topological polar surface area (TPSA) is 46.9 Å². The number of halogens is 2. The minimum Gasteiger partial charge on any atom is -0.348 e. The summed E-state index contributed by atoms with van der Waals surface area (Å²) in [6, 6.07) is 9.38. The zero-order valence-corrected chi connectivity index (χ0v) is 15.8. The molecule has 0 spiro atoms. The van der Waals surface area contributed by atoms with E-state index in [2.05, 4.69) is 36.4 Å². The molecule has 2 atom stereocenters. The summed E-state index contributed by atoms with van der Waals surface area (Å²) in [6.45, 7) is 7.73. The van der Waals surface area contributed by atoms with Gasteiger partial charge in [0.25, 0.3) is 6.43 Å². The quantitative estimate of drug-likeness (QED) is 0.724. The molecule has 1 heterocycles. The van der Waals surface area contributed by atoms with E-state index in [-0.39, 0.29) is 24.2 Å². The summed E-state index contributed by atoms with van der Waals surface area (Å²) in [7, 11) is 0. The Labute approximate surface area is 153 Å². The SMILES string of the molecule is CCC(C)c1ccc(C(CC)NC(=O)Cn2nc(C)cc2C(F)F)cc1. The van der Waals surface area contributed by atoms with Crippen molar-refractivity contribution in [1.82, 2.24) is 15.1 Å². The average molecular weight is 363 g/mol. The number of aromatic nitrogens is 2. The van der Waals surface area contributed by atoms with Crippen LogP contribution in [0.5, 0.6) is 0 Å². The highest BCUT2D eigenvalue weighted by Crippen LogP contribution is 2.23. The molecule has 2 rings (SSSR count). The number of nitrogens with zero attached hydrogens (tertiary/aromatic N) is 2. The molecule has 0 aliphatic heterocycles. The van der Waals surface area contributed by atoms with Gasteiger partial charge in [0.05, 0.1) is 11.7 Å². The maximum absolute atomic E-state index is 13.0. The zero-order chi connectivity index (χ0) is 19.3. The number of hydrogen-bond acceptors (Lipinski definition) is 2. The average Bonchev–Trinajstić information content (AvgIpc) is 2.99. The van der Waals surface area contributed by atoms with Gasteiger partial charge in [-0.1, -0.05) is 45.0 Å². The fourth-order valence-electron chi connectivity index (χ4n) is 2.96. The van der Waals surface area contributed by atoms with Gasteiger partial charge in [-0.05, 0) is 42.9 Å². The molecule has 0 saturated heterocycles. The van der Waals surface area contributed by atoms with Crippen molar-refractivity contribution in [3.63, 3.8) is 0 Å². The van der Waals surface area contributed by atoms with E-state index in [1.165, 1.54) is 11.6 Å². The number of aryl methyl sites for hydroxylation is 1. The standard InChI is InChI=1S/C20H27F2N3O/c1-5-13(3)15-7-9-16(10-8-15)17(6-2)23-19(26)12-25-18(20(21)22)11-14(4)24-25/h7-11,13,17,20H,5-6,12H2,1-4H3,(H,23,26). The smallest absolute Gasteiger partial charge is 0.280 e. The number of carbonyl (C=O) groups is 1. The van der Waals surface area contributed by atoms with Crippen molar-refractivity contribution < 1.29 is 13.6 Å². The Kier molecular flexibility index (Phi) is 6.89. The zero-order valence-electron chi connectivity index (χ0n) is 15.8. The summed E-state index contributed by atoms with van der Waals surface area (Å²) in [6.07, 6.45) is -0.865. The first-order chi connectivity index (χ1) is 12.3. The van der Waals surface area contributed by atoms with Gasteiger partial charge >= 0.3 is 0 Å². The van der Waals surface area contributed by atoms with E-state index in [0.717, 1.165) is 16.7 Å². The van der Waals surface area contributed by atoms with E-state index >= 15 is 0 Å². The van der Waals surface area contributed by atoms with Crippen molar-refractivity contribution in [3.8, 4) is 0 Å². The number of rotatable bonds is 8. The number of amides is 1. The maximum atomic E-state index is 13.0. The van der Waals surface area contributed by atoms with Crippen LogP contribution in [0.2, 0.25) is 0 Å². The van der Waals surface area contributed by atoms with E-state index in [1.807, 2.05) is 19.1 Å². The van der Waals surface area contributed by atoms with Crippen LogP contribution in [0.25, 0.3) is 0 Å². The Bertz CT molecular complexity index is 725. The first-order valence-electron chi connectivity index (χ1n) is 9.07. The first kappa shape index (κ1) is 20.1. The lowest BCUT2D eigenvalue weighted by Gasteiger charge is -2.19. The maximum Gasteiger partial charge on any atom is 0.280 e. The molecule has 1 amide bonds. The van der Waals surface area contributed by atoms with Crippen molar-refractivity contribution in [2.24, 2.45) is 0 Å². The van der Waals surface area contributed by atoms with Crippen LogP contribution < -0.4 is 5.32 Å². The largest absolute Gasteiger partial charge is 0.348 e. The predicted molar refractivity (Wildman–Crippen MR) is 98.2 cm³/mol. The molecular weight excluding hydrogens is 336 g/mol. The van der Waals surface area contributed by atoms with Crippen molar-refractivity contribution in [2.45, 2.75) is 65.5 Å². The van der Waals surface area contributed by atoms with Gasteiger partial charge in [-0.15, -0.1) is 0 Å². The van der Waals surface area contributed by atoms with Crippen LogP contribution in [0.4, 0.5) is 8.78 Å². The minimum atomic E-state index is -2.65. The van der Waals surface area contributed by atoms with E-state index in [4.69, 9.17) is 0 Å². The van der Waals surface area contributed by atoms with Crippen LogP contribution in [-0.2, 0) is 11.3 Å². The van der Waals surface area contributed by atoms with E-state index in [0.29, 0.717) is 18.0 Å². The highest BCUT2D eigenvalue weighted by atomic mass is 19.3. The van der Waals surface area contributed by atoms with Gasteiger partial charge < -0.3 is 5.32 Å². The Morgan fingerprint density at radius 3 is 2.31 bits per heavy atom. The predicted octanol–water partition coefficient (Wildman–Crippen LogP) is 4.91. The molecule has 0 radical (unpaired) electrons. The van der Waals surface area contributed by atoms with Gasteiger partial charge in [-0.2, -0.15) is 5.10 Å². The molecule has 0 bridgehead atoms. The highest BCUT2D eigenvalue weighted by Gasteiger charge is 2.19. The minimum absolute atomic E-state index is 0.153. The second kappa shape index (κ2) is 8.92. The van der Waals surface area contributed by atoms with Crippen molar-refractivity contribution in [3.05, 3.63) is 52.8 Å². The molecule has 0 saturated carbocycles. The van der Waals surface area contributed by atoms with Gasteiger partial charge in [0, 0.05) is 0 Å². The molecule has 2 unspecified atom stereocenters. The van der Waals surface area contributed by atoms with Crippen LogP contribution >= 0.6 is 0 Å². The highest BCUT2D eigenvalue weighted by molar-refractivity contribution is 5.76. The number of alkyl halides is 2. The van der Waals surface area contributed by atoms with Crippen molar-refractivity contribution >= 4 is 5.91 Å².